The van der Waals surface area contributed by atoms with Crippen molar-refractivity contribution in [2.75, 3.05) is 21.3 Å². The van der Waals surface area contributed by atoms with Gasteiger partial charge in [-0.15, -0.1) is 0 Å². The number of rotatable bonds is 7. The van der Waals surface area contributed by atoms with Gasteiger partial charge in [0.15, 0.2) is 0 Å². The smallest absolute Gasteiger partial charge is 0.311 e. The van der Waals surface area contributed by atoms with Crippen LogP contribution in [-0.2, 0) is 28.6 Å². The van der Waals surface area contributed by atoms with Gasteiger partial charge >= 0.3 is 17.9 Å². The highest BCUT2D eigenvalue weighted by atomic mass is 16.5. The van der Waals surface area contributed by atoms with Crippen molar-refractivity contribution in [3.8, 4) is 0 Å². The molecule has 0 aromatic heterocycles. The molecule has 21 heavy (non-hydrogen) atoms. The summed E-state index contributed by atoms with van der Waals surface area (Å²) in [5.41, 5.74) is -1.69. The third-order valence-corrected chi connectivity index (χ3v) is 3.52. The summed E-state index contributed by atoms with van der Waals surface area (Å²) in [6.07, 6.45) is 0.458. The first-order valence-electron chi connectivity index (χ1n) is 6.76. The fourth-order valence-electron chi connectivity index (χ4n) is 2.36. The molecule has 0 bridgehead atoms. The van der Waals surface area contributed by atoms with Crippen molar-refractivity contribution in [3.05, 3.63) is 0 Å². The topological polar surface area (TPSA) is 78.9 Å². The standard InChI is InChI=1S/C15H26O6/c1-14(2,12(17)20-6)8-10(11(16)19-5)9-15(3,4)13(18)21-7/h10H,8-9H2,1-7H3. The van der Waals surface area contributed by atoms with E-state index in [-0.39, 0.29) is 12.8 Å². The van der Waals surface area contributed by atoms with Crippen LogP contribution in [0.1, 0.15) is 40.5 Å². The first kappa shape index (κ1) is 19.4. The van der Waals surface area contributed by atoms with Crippen LogP contribution in [0.2, 0.25) is 0 Å². The van der Waals surface area contributed by atoms with E-state index in [9.17, 15) is 14.4 Å². The zero-order chi connectivity index (χ0) is 16.8. The van der Waals surface area contributed by atoms with Crippen LogP contribution in [-0.4, -0.2) is 39.2 Å². The van der Waals surface area contributed by atoms with E-state index in [0.29, 0.717) is 0 Å². The van der Waals surface area contributed by atoms with E-state index in [1.807, 2.05) is 0 Å². The van der Waals surface area contributed by atoms with Crippen molar-refractivity contribution in [1.82, 2.24) is 0 Å². The molecule has 0 aliphatic carbocycles. The van der Waals surface area contributed by atoms with Crippen molar-refractivity contribution in [2.24, 2.45) is 16.7 Å². The number of hydrogen-bond acceptors (Lipinski definition) is 6. The van der Waals surface area contributed by atoms with Gasteiger partial charge < -0.3 is 14.2 Å². The average molecular weight is 302 g/mol. The quantitative estimate of drug-likeness (QED) is 0.528. The molecule has 0 atom stereocenters. The Morgan fingerprint density at radius 3 is 1.33 bits per heavy atom. The maximum atomic E-state index is 12.0. The van der Waals surface area contributed by atoms with Crippen LogP contribution in [0.15, 0.2) is 0 Å². The lowest BCUT2D eigenvalue weighted by Gasteiger charge is -2.30. The lowest BCUT2D eigenvalue weighted by molar-refractivity contribution is -0.157. The normalized spacial score (nSPS) is 12.0. The molecule has 0 spiro atoms. The van der Waals surface area contributed by atoms with Gasteiger partial charge in [-0.1, -0.05) is 0 Å². The van der Waals surface area contributed by atoms with Crippen LogP contribution in [0.25, 0.3) is 0 Å². The minimum atomic E-state index is -0.847. The predicted octanol–water partition coefficient (Wildman–Crippen LogP) is 1.95. The molecule has 0 fully saturated rings. The summed E-state index contributed by atoms with van der Waals surface area (Å²) < 4.78 is 14.3. The van der Waals surface area contributed by atoms with Gasteiger partial charge in [0.2, 0.25) is 0 Å². The molecule has 0 N–H and O–H groups in total. The molecule has 0 rings (SSSR count). The summed E-state index contributed by atoms with van der Waals surface area (Å²) in [5, 5.41) is 0. The van der Waals surface area contributed by atoms with Crippen molar-refractivity contribution in [1.29, 1.82) is 0 Å². The maximum absolute atomic E-state index is 12.0. The molecule has 0 saturated heterocycles. The number of methoxy groups -OCH3 is 3. The van der Waals surface area contributed by atoms with Crippen LogP contribution in [0.4, 0.5) is 0 Å². The van der Waals surface area contributed by atoms with Crippen LogP contribution in [0.5, 0.6) is 0 Å². The summed E-state index contributed by atoms with van der Waals surface area (Å²) in [7, 11) is 3.89. The summed E-state index contributed by atoms with van der Waals surface area (Å²) in [5.74, 6) is -1.87. The number of ether oxygens (including phenoxy) is 3. The summed E-state index contributed by atoms with van der Waals surface area (Å²) in [6, 6.07) is 0. The van der Waals surface area contributed by atoms with E-state index in [4.69, 9.17) is 14.2 Å². The van der Waals surface area contributed by atoms with Crippen LogP contribution in [0.3, 0.4) is 0 Å². The fourth-order valence-corrected chi connectivity index (χ4v) is 2.36. The second-order valence-corrected chi connectivity index (χ2v) is 6.38. The van der Waals surface area contributed by atoms with Crippen molar-refractivity contribution >= 4 is 17.9 Å². The van der Waals surface area contributed by atoms with Crippen LogP contribution < -0.4 is 0 Å². The van der Waals surface area contributed by atoms with Crippen molar-refractivity contribution in [2.45, 2.75) is 40.5 Å². The minimum Gasteiger partial charge on any atom is -0.469 e. The van der Waals surface area contributed by atoms with Crippen molar-refractivity contribution < 1.29 is 28.6 Å². The molecule has 0 saturated carbocycles. The molecule has 0 radical (unpaired) electrons. The Bertz CT molecular complexity index is 367. The molecule has 0 unspecified atom stereocenters. The lowest BCUT2D eigenvalue weighted by atomic mass is 9.75. The van der Waals surface area contributed by atoms with Gasteiger partial charge in [0, 0.05) is 0 Å². The van der Waals surface area contributed by atoms with Crippen LogP contribution >= 0.6 is 0 Å². The Labute approximate surface area is 126 Å². The highest BCUT2D eigenvalue weighted by Gasteiger charge is 2.40. The van der Waals surface area contributed by atoms with E-state index < -0.39 is 34.7 Å². The van der Waals surface area contributed by atoms with Crippen molar-refractivity contribution in [3.63, 3.8) is 0 Å². The molecule has 0 aromatic rings. The fraction of sp³-hybridized carbons (Fsp3) is 0.800. The number of hydrogen-bond donors (Lipinski definition) is 0. The summed E-state index contributed by atoms with van der Waals surface area (Å²) >= 11 is 0. The number of carbonyl (C=O) groups excluding carboxylic acids is 3. The minimum absolute atomic E-state index is 0.229. The van der Waals surface area contributed by atoms with E-state index in [1.165, 1.54) is 21.3 Å². The molecule has 0 amide bonds. The Kier molecular flexibility index (Phi) is 6.86. The first-order chi connectivity index (χ1) is 9.51. The number of carbonyl (C=O) groups is 3. The third-order valence-electron chi connectivity index (χ3n) is 3.52. The van der Waals surface area contributed by atoms with Gasteiger partial charge in [-0.05, 0) is 40.5 Å². The Morgan fingerprint density at radius 1 is 0.762 bits per heavy atom. The summed E-state index contributed by atoms with van der Waals surface area (Å²) in [6.45, 7) is 6.78. The van der Waals surface area contributed by atoms with E-state index in [1.54, 1.807) is 27.7 Å². The highest BCUT2D eigenvalue weighted by Crippen LogP contribution is 2.35. The monoisotopic (exact) mass is 302 g/mol. The Balaban J connectivity index is 5.20. The molecule has 6 nitrogen and oxygen atoms in total. The largest absolute Gasteiger partial charge is 0.469 e. The molecule has 0 aromatic carbocycles. The first-order valence-corrected chi connectivity index (χ1v) is 6.76. The third kappa shape index (κ3) is 5.36. The van der Waals surface area contributed by atoms with Gasteiger partial charge in [0.1, 0.15) is 0 Å². The second-order valence-electron chi connectivity index (χ2n) is 6.38. The maximum Gasteiger partial charge on any atom is 0.311 e. The average Bonchev–Trinajstić information content (AvgIpc) is 2.42. The van der Waals surface area contributed by atoms with Crippen LogP contribution in [0, 0.1) is 16.7 Å². The number of esters is 3. The predicted molar refractivity (Wildman–Crippen MR) is 76.3 cm³/mol. The molecular weight excluding hydrogens is 276 g/mol. The molecular formula is C15H26O6. The van der Waals surface area contributed by atoms with Gasteiger partial charge in [-0.3, -0.25) is 14.4 Å². The van der Waals surface area contributed by atoms with Gasteiger partial charge in [-0.25, -0.2) is 0 Å². The summed E-state index contributed by atoms with van der Waals surface area (Å²) in [4.78, 5) is 35.5. The molecule has 0 aliphatic rings. The zero-order valence-corrected chi connectivity index (χ0v) is 13.9. The van der Waals surface area contributed by atoms with E-state index >= 15 is 0 Å². The molecule has 122 valence electrons. The Hall–Kier alpha value is -1.59. The van der Waals surface area contributed by atoms with Gasteiger partial charge in [-0.2, -0.15) is 0 Å². The van der Waals surface area contributed by atoms with E-state index in [0.717, 1.165) is 0 Å². The molecule has 0 heterocycles. The SMILES string of the molecule is COC(=O)C(CC(C)(C)C(=O)OC)CC(C)(C)C(=O)OC. The zero-order valence-electron chi connectivity index (χ0n) is 13.9. The highest BCUT2D eigenvalue weighted by molar-refractivity contribution is 5.80. The van der Waals surface area contributed by atoms with Gasteiger partial charge in [0.25, 0.3) is 0 Å². The second kappa shape index (κ2) is 7.43. The molecule has 6 heteroatoms. The van der Waals surface area contributed by atoms with E-state index in [2.05, 4.69) is 0 Å². The molecule has 0 aliphatic heterocycles. The lowest BCUT2D eigenvalue weighted by Crippen LogP contribution is -2.36. The Morgan fingerprint density at radius 2 is 1.10 bits per heavy atom. The van der Waals surface area contributed by atoms with Gasteiger partial charge in [0.05, 0.1) is 38.1 Å².